The first-order valence-electron chi connectivity index (χ1n) is 7.07. The Morgan fingerprint density at radius 2 is 2.05 bits per heavy atom. The summed E-state index contributed by atoms with van der Waals surface area (Å²) in [6.07, 6.45) is 4.39. The molecule has 0 atom stereocenters. The van der Waals surface area contributed by atoms with Crippen LogP contribution in [0.2, 0.25) is 0 Å². The first-order valence-corrected chi connectivity index (χ1v) is 7.07. The van der Waals surface area contributed by atoms with Gasteiger partial charge in [0.15, 0.2) is 0 Å². The van der Waals surface area contributed by atoms with Crippen molar-refractivity contribution in [3.05, 3.63) is 30.5 Å². The van der Waals surface area contributed by atoms with E-state index in [0.29, 0.717) is 0 Å². The van der Waals surface area contributed by atoms with Crippen LogP contribution in [0.4, 0.5) is 0 Å². The van der Waals surface area contributed by atoms with Gasteiger partial charge in [-0.25, -0.2) is 0 Å². The highest BCUT2D eigenvalue weighted by atomic mass is 16.5. The third-order valence-corrected chi connectivity index (χ3v) is 3.22. The van der Waals surface area contributed by atoms with Gasteiger partial charge in [0.1, 0.15) is 5.75 Å². The summed E-state index contributed by atoms with van der Waals surface area (Å²) in [7, 11) is 4.23. The molecule has 0 fully saturated rings. The highest BCUT2D eigenvalue weighted by Crippen LogP contribution is 2.22. The maximum atomic E-state index is 5.67. The number of benzene rings is 1. The van der Waals surface area contributed by atoms with E-state index < -0.39 is 0 Å². The maximum absolute atomic E-state index is 5.67. The van der Waals surface area contributed by atoms with Crippen LogP contribution in [-0.2, 0) is 6.54 Å². The molecule has 1 aromatic carbocycles. The highest BCUT2D eigenvalue weighted by molar-refractivity contribution is 5.81. The summed E-state index contributed by atoms with van der Waals surface area (Å²) in [5.41, 5.74) is 1.29. The largest absolute Gasteiger partial charge is 0.494 e. The van der Waals surface area contributed by atoms with Crippen molar-refractivity contribution >= 4 is 10.9 Å². The lowest BCUT2D eigenvalue weighted by atomic mass is 10.2. The van der Waals surface area contributed by atoms with E-state index in [1.54, 1.807) is 0 Å². The second kappa shape index (κ2) is 6.62. The Morgan fingerprint density at radius 1 is 1.21 bits per heavy atom. The Morgan fingerprint density at radius 3 is 2.79 bits per heavy atom. The Hall–Kier alpha value is -1.48. The van der Waals surface area contributed by atoms with Gasteiger partial charge in [-0.05, 0) is 57.7 Å². The monoisotopic (exact) mass is 260 g/mol. The average Bonchev–Trinajstić information content (AvgIpc) is 2.79. The summed E-state index contributed by atoms with van der Waals surface area (Å²) in [6.45, 7) is 5.10. The fourth-order valence-electron chi connectivity index (χ4n) is 2.24. The molecule has 0 aliphatic heterocycles. The maximum Gasteiger partial charge on any atom is 0.120 e. The molecule has 0 N–H and O–H groups in total. The smallest absolute Gasteiger partial charge is 0.120 e. The molecular weight excluding hydrogens is 236 g/mol. The first-order chi connectivity index (χ1) is 9.20. The topological polar surface area (TPSA) is 17.4 Å². The number of aromatic nitrogens is 1. The molecule has 0 aliphatic carbocycles. The van der Waals surface area contributed by atoms with Gasteiger partial charge in [-0.15, -0.1) is 0 Å². The van der Waals surface area contributed by atoms with Crippen LogP contribution in [-0.4, -0.2) is 36.7 Å². The number of aryl methyl sites for hydroxylation is 1. The van der Waals surface area contributed by atoms with Crippen LogP contribution in [0.25, 0.3) is 10.9 Å². The Bertz CT molecular complexity index is 516. The van der Waals surface area contributed by atoms with Crippen LogP contribution in [0, 0.1) is 0 Å². The fourth-order valence-corrected chi connectivity index (χ4v) is 2.24. The molecule has 0 unspecified atom stereocenters. The zero-order valence-electron chi connectivity index (χ0n) is 12.2. The second-order valence-electron chi connectivity index (χ2n) is 5.24. The van der Waals surface area contributed by atoms with Gasteiger partial charge in [0.25, 0.3) is 0 Å². The van der Waals surface area contributed by atoms with E-state index in [0.717, 1.165) is 31.9 Å². The van der Waals surface area contributed by atoms with Crippen LogP contribution >= 0.6 is 0 Å². The Labute approximate surface area is 115 Å². The van der Waals surface area contributed by atoms with Gasteiger partial charge in [-0.3, -0.25) is 0 Å². The highest BCUT2D eigenvalue weighted by Gasteiger charge is 2.03. The SMILES string of the molecule is CCCOc1ccc2c(ccn2CCCN(C)C)c1. The molecule has 1 heterocycles. The fraction of sp³-hybridized carbons (Fsp3) is 0.500. The summed E-state index contributed by atoms with van der Waals surface area (Å²) >= 11 is 0. The van der Waals surface area contributed by atoms with Crippen molar-refractivity contribution in [1.82, 2.24) is 9.47 Å². The van der Waals surface area contributed by atoms with Gasteiger partial charge in [0.2, 0.25) is 0 Å². The summed E-state index contributed by atoms with van der Waals surface area (Å²) < 4.78 is 7.99. The van der Waals surface area contributed by atoms with Crippen LogP contribution < -0.4 is 4.74 Å². The molecular formula is C16H24N2O. The van der Waals surface area contributed by atoms with Crippen molar-refractivity contribution in [3.63, 3.8) is 0 Å². The lowest BCUT2D eigenvalue weighted by Crippen LogP contribution is -2.14. The molecule has 2 aromatic rings. The van der Waals surface area contributed by atoms with E-state index >= 15 is 0 Å². The Balaban J connectivity index is 2.06. The zero-order chi connectivity index (χ0) is 13.7. The van der Waals surface area contributed by atoms with Crippen molar-refractivity contribution in [3.8, 4) is 5.75 Å². The molecule has 0 amide bonds. The molecule has 1 aromatic heterocycles. The van der Waals surface area contributed by atoms with E-state index in [1.807, 2.05) is 0 Å². The number of nitrogens with zero attached hydrogens (tertiary/aromatic N) is 2. The third-order valence-electron chi connectivity index (χ3n) is 3.22. The third kappa shape index (κ3) is 3.74. The molecule has 104 valence electrons. The van der Waals surface area contributed by atoms with E-state index in [4.69, 9.17) is 4.74 Å². The molecule has 19 heavy (non-hydrogen) atoms. The lowest BCUT2D eigenvalue weighted by molar-refractivity contribution is 0.318. The number of rotatable bonds is 7. The Kier molecular flexibility index (Phi) is 4.86. The molecule has 2 rings (SSSR count). The summed E-state index contributed by atoms with van der Waals surface area (Å²) in [5, 5.41) is 1.26. The number of fused-ring (bicyclic) bond motifs is 1. The van der Waals surface area contributed by atoms with Crippen molar-refractivity contribution < 1.29 is 4.74 Å². The molecule has 0 radical (unpaired) electrons. The predicted octanol–water partition coefficient (Wildman–Crippen LogP) is 3.38. The van der Waals surface area contributed by atoms with Crippen LogP contribution in [0.15, 0.2) is 30.5 Å². The van der Waals surface area contributed by atoms with Crippen molar-refractivity contribution in [2.75, 3.05) is 27.2 Å². The van der Waals surface area contributed by atoms with Gasteiger partial charge in [0, 0.05) is 23.6 Å². The quantitative estimate of drug-likeness (QED) is 0.759. The van der Waals surface area contributed by atoms with Crippen molar-refractivity contribution in [1.29, 1.82) is 0 Å². The molecule has 0 spiro atoms. The van der Waals surface area contributed by atoms with Crippen LogP contribution in [0.5, 0.6) is 5.75 Å². The number of hydrogen-bond donors (Lipinski definition) is 0. The molecule has 0 bridgehead atoms. The van der Waals surface area contributed by atoms with E-state index in [9.17, 15) is 0 Å². The number of hydrogen-bond acceptors (Lipinski definition) is 2. The summed E-state index contributed by atoms with van der Waals surface area (Å²) in [6, 6.07) is 8.54. The van der Waals surface area contributed by atoms with Gasteiger partial charge in [-0.2, -0.15) is 0 Å². The molecule has 0 aliphatic rings. The van der Waals surface area contributed by atoms with Gasteiger partial charge < -0.3 is 14.2 Å². The minimum absolute atomic E-state index is 0.787. The van der Waals surface area contributed by atoms with Gasteiger partial charge in [-0.1, -0.05) is 6.92 Å². The minimum Gasteiger partial charge on any atom is -0.494 e. The van der Waals surface area contributed by atoms with E-state index in [2.05, 4.69) is 60.9 Å². The summed E-state index contributed by atoms with van der Waals surface area (Å²) in [4.78, 5) is 2.22. The lowest BCUT2D eigenvalue weighted by Gasteiger charge is -2.10. The molecule has 0 saturated carbocycles. The van der Waals surface area contributed by atoms with Crippen LogP contribution in [0.3, 0.4) is 0 Å². The normalized spacial score (nSPS) is 11.4. The van der Waals surface area contributed by atoms with E-state index in [-0.39, 0.29) is 0 Å². The van der Waals surface area contributed by atoms with Gasteiger partial charge >= 0.3 is 0 Å². The minimum atomic E-state index is 0.787. The van der Waals surface area contributed by atoms with Crippen LogP contribution in [0.1, 0.15) is 19.8 Å². The molecule has 3 heteroatoms. The second-order valence-corrected chi connectivity index (χ2v) is 5.24. The number of ether oxygens (including phenoxy) is 1. The van der Waals surface area contributed by atoms with Crippen molar-refractivity contribution in [2.24, 2.45) is 0 Å². The summed E-state index contributed by atoms with van der Waals surface area (Å²) in [5.74, 6) is 0.973. The molecule has 0 saturated heterocycles. The van der Waals surface area contributed by atoms with Gasteiger partial charge in [0.05, 0.1) is 6.61 Å². The van der Waals surface area contributed by atoms with E-state index in [1.165, 1.54) is 17.3 Å². The standard InChI is InChI=1S/C16H24N2O/c1-4-12-19-15-6-7-16-14(13-15)8-11-18(16)10-5-9-17(2)3/h6-8,11,13H,4-5,9-10,12H2,1-3H3. The first kappa shape index (κ1) is 13.9. The predicted molar refractivity (Wildman–Crippen MR) is 80.9 cm³/mol. The van der Waals surface area contributed by atoms with Crippen molar-refractivity contribution in [2.45, 2.75) is 26.3 Å². The molecule has 3 nitrogen and oxygen atoms in total. The average molecular weight is 260 g/mol. The zero-order valence-corrected chi connectivity index (χ0v) is 12.2.